The number of hydrogen-bond donors (Lipinski definition) is 1. The van der Waals surface area contributed by atoms with Gasteiger partial charge in [0.1, 0.15) is 10.1 Å². The number of nitrogens with one attached hydrogen (secondary N) is 1. The number of carbonyl (C=O) groups excluding carboxylic acids is 1. The van der Waals surface area contributed by atoms with Crippen LogP contribution in [0, 0.1) is 17.8 Å². The van der Waals surface area contributed by atoms with Gasteiger partial charge in [0.15, 0.2) is 5.82 Å². The first-order valence-corrected chi connectivity index (χ1v) is 9.89. The van der Waals surface area contributed by atoms with Crippen LogP contribution in [0.1, 0.15) is 32.6 Å². The van der Waals surface area contributed by atoms with Crippen molar-refractivity contribution in [2.75, 3.05) is 11.9 Å². The van der Waals surface area contributed by atoms with Crippen molar-refractivity contribution in [2.24, 2.45) is 17.8 Å². The summed E-state index contributed by atoms with van der Waals surface area (Å²) in [6, 6.07) is 3.86. The molecule has 0 unspecified atom stereocenters. The van der Waals surface area contributed by atoms with E-state index in [1.165, 1.54) is 0 Å². The molecular formula is C17H20BrClN4O2. The number of ether oxygens (including phenoxy) is 1. The van der Waals surface area contributed by atoms with Crippen molar-refractivity contribution in [1.29, 1.82) is 0 Å². The Balaban J connectivity index is 1.69. The first-order valence-electron chi connectivity index (χ1n) is 8.72. The van der Waals surface area contributed by atoms with Gasteiger partial charge in [-0.05, 0) is 84.1 Å². The molecule has 5 rings (SSSR count). The Morgan fingerprint density at radius 1 is 1.36 bits per heavy atom. The molecule has 6 nitrogen and oxygen atoms in total. The van der Waals surface area contributed by atoms with Crippen LogP contribution in [0.15, 0.2) is 16.7 Å². The monoisotopic (exact) mass is 426 g/mol. The van der Waals surface area contributed by atoms with Crippen LogP contribution in [-0.4, -0.2) is 33.2 Å². The molecule has 2 atom stereocenters. The fourth-order valence-corrected chi connectivity index (χ4v) is 5.00. The van der Waals surface area contributed by atoms with Gasteiger partial charge in [-0.15, -0.1) is 5.10 Å². The van der Waals surface area contributed by atoms with Crippen LogP contribution in [-0.2, 0) is 9.53 Å². The summed E-state index contributed by atoms with van der Waals surface area (Å²) in [5.74, 6) is 1.28. The lowest BCUT2D eigenvalue weighted by atomic mass is 9.61. The summed E-state index contributed by atoms with van der Waals surface area (Å²) < 4.78 is 7.88. The molecule has 0 spiro atoms. The van der Waals surface area contributed by atoms with Gasteiger partial charge in [-0.1, -0.05) is 0 Å². The smallest absolute Gasteiger partial charge is 0.311 e. The third-order valence-electron chi connectivity index (χ3n) is 5.52. The molecule has 2 aromatic heterocycles. The summed E-state index contributed by atoms with van der Waals surface area (Å²) in [6.07, 6.45) is 4.47. The number of rotatable bonds is 4. The van der Waals surface area contributed by atoms with Crippen LogP contribution in [0.3, 0.4) is 0 Å². The number of halogens is 2. The zero-order chi connectivity index (χ0) is 17.6. The third-order valence-corrected chi connectivity index (χ3v) is 6.28. The maximum atomic E-state index is 12.6. The summed E-state index contributed by atoms with van der Waals surface area (Å²) in [5.41, 5.74) is 0.834. The fraction of sp³-hybridized carbons (Fsp3) is 0.588. The Labute approximate surface area is 159 Å². The van der Waals surface area contributed by atoms with E-state index < -0.39 is 0 Å². The molecule has 0 amide bonds. The SMILES string of the molecule is CCOC(=O)[C@H]1[C@H]2CC[C@H](CC2)[C@@H]1Nc1nc(Cl)nn2c(Br)ccc12. The topological polar surface area (TPSA) is 68.5 Å². The van der Waals surface area contributed by atoms with Gasteiger partial charge < -0.3 is 10.1 Å². The first kappa shape index (κ1) is 17.1. The predicted octanol–water partition coefficient (Wildman–Crippen LogP) is 3.93. The Hall–Kier alpha value is -1.34. The minimum atomic E-state index is -0.125. The van der Waals surface area contributed by atoms with E-state index in [4.69, 9.17) is 16.3 Å². The summed E-state index contributed by atoms with van der Waals surface area (Å²) in [4.78, 5) is 17.0. The van der Waals surface area contributed by atoms with Gasteiger partial charge in [-0.3, -0.25) is 4.79 Å². The van der Waals surface area contributed by atoms with Crippen LogP contribution in [0.5, 0.6) is 0 Å². The van der Waals surface area contributed by atoms with E-state index >= 15 is 0 Å². The van der Waals surface area contributed by atoms with E-state index in [1.807, 2.05) is 19.1 Å². The van der Waals surface area contributed by atoms with Gasteiger partial charge in [0.05, 0.1) is 12.5 Å². The Morgan fingerprint density at radius 3 is 2.80 bits per heavy atom. The van der Waals surface area contributed by atoms with Gasteiger partial charge in [-0.25, -0.2) is 4.52 Å². The Morgan fingerprint density at radius 2 is 2.08 bits per heavy atom. The van der Waals surface area contributed by atoms with Crippen molar-refractivity contribution < 1.29 is 9.53 Å². The third kappa shape index (κ3) is 3.01. The molecule has 25 heavy (non-hydrogen) atoms. The lowest BCUT2D eigenvalue weighted by molar-refractivity contribution is -0.154. The highest BCUT2D eigenvalue weighted by Gasteiger charge is 2.48. The summed E-state index contributed by atoms with van der Waals surface area (Å²) in [5, 5.41) is 7.90. The van der Waals surface area contributed by atoms with E-state index in [9.17, 15) is 4.79 Å². The molecule has 134 valence electrons. The van der Waals surface area contributed by atoms with Gasteiger partial charge in [-0.2, -0.15) is 4.98 Å². The van der Waals surface area contributed by atoms with Crippen LogP contribution in [0.25, 0.3) is 5.52 Å². The molecular weight excluding hydrogens is 408 g/mol. The zero-order valence-corrected chi connectivity index (χ0v) is 16.3. The van der Waals surface area contributed by atoms with Crippen molar-refractivity contribution in [1.82, 2.24) is 14.6 Å². The van der Waals surface area contributed by atoms with Crippen molar-refractivity contribution in [3.05, 3.63) is 22.0 Å². The summed E-state index contributed by atoms with van der Waals surface area (Å²) >= 11 is 9.56. The molecule has 0 saturated heterocycles. The first-order chi connectivity index (χ1) is 12.1. The second-order valence-electron chi connectivity index (χ2n) is 6.81. The van der Waals surface area contributed by atoms with Crippen molar-refractivity contribution in [3.8, 4) is 0 Å². The van der Waals surface area contributed by atoms with E-state index in [0.717, 1.165) is 35.8 Å². The maximum Gasteiger partial charge on any atom is 0.311 e. The minimum Gasteiger partial charge on any atom is -0.466 e. The average molecular weight is 428 g/mol. The average Bonchev–Trinajstić information content (AvgIpc) is 2.97. The summed E-state index contributed by atoms with van der Waals surface area (Å²) in [6.45, 7) is 2.27. The fourth-order valence-electron chi connectivity index (χ4n) is 4.44. The molecule has 8 heteroatoms. The Bertz CT molecular complexity index is 803. The highest BCUT2D eigenvalue weighted by Crippen LogP contribution is 2.47. The quantitative estimate of drug-likeness (QED) is 0.749. The predicted molar refractivity (Wildman–Crippen MR) is 98.7 cm³/mol. The van der Waals surface area contributed by atoms with Gasteiger partial charge in [0.2, 0.25) is 5.28 Å². The van der Waals surface area contributed by atoms with E-state index in [-0.39, 0.29) is 23.2 Å². The number of aromatic nitrogens is 3. The number of esters is 1. The van der Waals surface area contributed by atoms with Crippen molar-refractivity contribution in [2.45, 2.75) is 38.6 Å². The number of fused-ring (bicyclic) bond motifs is 4. The molecule has 1 N–H and O–H groups in total. The van der Waals surface area contributed by atoms with Gasteiger partial charge >= 0.3 is 5.97 Å². The molecule has 2 aromatic rings. The largest absolute Gasteiger partial charge is 0.466 e. The zero-order valence-electron chi connectivity index (χ0n) is 13.9. The van der Waals surface area contributed by atoms with Gasteiger partial charge in [0, 0.05) is 6.04 Å². The number of hydrogen-bond acceptors (Lipinski definition) is 5. The van der Waals surface area contributed by atoms with Crippen molar-refractivity contribution in [3.63, 3.8) is 0 Å². The number of nitrogens with zero attached hydrogens (tertiary/aromatic N) is 3. The Kier molecular flexibility index (Phi) is 4.62. The maximum absolute atomic E-state index is 12.6. The molecule has 3 aliphatic carbocycles. The van der Waals surface area contributed by atoms with E-state index in [2.05, 4.69) is 31.3 Å². The lowest BCUT2D eigenvalue weighted by Crippen LogP contribution is -2.52. The minimum absolute atomic E-state index is 0.0231. The molecule has 3 fully saturated rings. The molecule has 0 radical (unpaired) electrons. The second-order valence-corrected chi connectivity index (χ2v) is 7.96. The normalized spacial score (nSPS) is 28.3. The highest BCUT2D eigenvalue weighted by molar-refractivity contribution is 9.10. The molecule has 3 saturated carbocycles. The molecule has 0 aliphatic heterocycles. The number of anilines is 1. The van der Waals surface area contributed by atoms with Crippen LogP contribution < -0.4 is 5.32 Å². The molecule has 2 heterocycles. The highest BCUT2D eigenvalue weighted by atomic mass is 79.9. The molecule has 3 aliphatic rings. The molecule has 2 bridgehead atoms. The van der Waals surface area contributed by atoms with Crippen LogP contribution >= 0.6 is 27.5 Å². The molecule has 0 aromatic carbocycles. The summed E-state index contributed by atoms with van der Waals surface area (Å²) in [7, 11) is 0. The van der Waals surface area contributed by atoms with Crippen LogP contribution in [0.2, 0.25) is 5.28 Å². The number of carbonyl (C=O) groups is 1. The van der Waals surface area contributed by atoms with E-state index in [0.29, 0.717) is 24.3 Å². The van der Waals surface area contributed by atoms with Crippen molar-refractivity contribution >= 4 is 44.8 Å². The van der Waals surface area contributed by atoms with Gasteiger partial charge in [0.25, 0.3) is 0 Å². The lowest BCUT2D eigenvalue weighted by Gasteiger charge is -2.47. The van der Waals surface area contributed by atoms with E-state index in [1.54, 1.807) is 4.52 Å². The van der Waals surface area contributed by atoms with Crippen LogP contribution in [0.4, 0.5) is 5.82 Å². The standard InChI is InChI=1S/C17H20BrClN4O2/c1-2-25-16(24)13-9-3-5-10(6-4-9)14(13)20-15-11-7-8-12(18)23(11)22-17(19)21-15/h7-10,13-14H,2-6H2,1H3,(H,20,21,22)/t9-,10+,13-,14-/m0/s1. The second kappa shape index (κ2) is 6.76.